The van der Waals surface area contributed by atoms with Gasteiger partial charge in [-0.2, -0.15) is 0 Å². The number of sulfone groups is 1. The molecule has 0 radical (unpaired) electrons. The van der Waals surface area contributed by atoms with Crippen molar-refractivity contribution in [2.75, 3.05) is 18.8 Å². The number of nitrogens with zero attached hydrogens (tertiary/aromatic N) is 1. The van der Waals surface area contributed by atoms with E-state index in [4.69, 9.17) is 11.6 Å². The van der Waals surface area contributed by atoms with Gasteiger partial charge in [-0.05, 0) is 50.1 Å². The van der Waals surface area contributed by atoms with Gasteiger partial charge in [-0.3, -0.25) is 4.90 Å². The van der Waals surface area contributed by atoms with E-state index in [1.807, 2.05) is 6.07 Å². The Morgan fingerprint density at radius 2 is 1.93 bits per heavy atom. The second kappa shape index (κ2) is 8.91. The third kappa shape index (κ3) is 4.74. The minimum atomic E-state index is -3.33. The summed E-state index contributed by atoms with van der Waals surface area (Å²) in [6.07, 6.45) is 0.873. The van der Waals surface area contributed by atoms with Gasteiger partial charge in [0, 0.05) is 25.2 Å². The fourth-order valence-corrected chi connectivity index (χ4v) is 5.17. The summed E-state index contributed by atoms with van der Waals surface area (Å²) in [5.74, 6) is -0.406. The highest BCUT2D eigenvalue weighted by molar-refractivity contribution is 7.91. The van der Waals surface area contributed by atoms with E-state index in [-0.39, 0.29) is 22.9 Å². The van der Waals surface area contributed by atoms with Gasteiger partial charge in [-0.15, -0.1) is 0 Å². The van der Waals surface area contributed by atoms with Crippen LogP contribution >= 0.6 is 11.6 Å². The molecular weight excluding hydrogens is 399 g/mol. The van der Waals surface area contributed by atoms with Gasteiger partial charge in [-0.1, -0.05) is 35.9 Å². The summed E-state index contributed by atoms with van der Waals surface area (Å²) in [5, 5.41) is 3.51. The molecule has 1 aliphatic heterocycles. The third-order valence-corrected chi connectivity index (χ3v) is 7.30. The Balaban J connectivity index is 1.72. The van der Waals surface area contributed by atoms with Gasteiger partial charge in [0.15, 0.2) is 9.84 Å². The predicted octanol–water partition coefficient (Wildman–Crippen LogP) is 4.07. The molecule has 2 atom stereocenters. The molecule has 28 heavy (non-hydrogen) atoms. The predicted molar refractivity (Wildman–Crippen MR) is 111 cm³/mol. The first-order valence-electron chi connectivity index (χ1n) is 9.51. The first kappa shape index (κ1) is 21.2. The van der Waals surface area contributed by atoms with E-state index in [0.717, 1.165) is 18.5 Å². The van der Waals surface area contributed by atoms with Gasteiger partial charge in [0.2, 0.25) is 0 Å². The molecule has 1 saturated heterocycles. The monoisotopic (exact) mass is 424 g/mol. The van der Waals surface area contributed by atoms with Crippen molar-refractivity contribution in [1.29, 1.82) is 0 Å². The summed E-state index contributed by atoms with van der Waals surface area (Å²) in [6, 6.07) is 13.7. The van der Waals surface area contributed by atoms with Gasteiger partial charge >= 0.3 is 0 Å². The van der Waals surface area contributed by atoms with Crippen LogP contribution in [0.25, 0.3) is 0 Å². The summed E-state index contributed by atoms with van der Waals surface area (Å²) < 4.78 is 39.0. The molecule has 2 aromatic carbocycles. The van der Waals surface area contributed by atoms with E-state index >= 15 is 0 Å². The second-order valence-corrected chi connectivity index (χ2v) is 9.95. The van der Waals surface area contributed by atoms with Gasteiger partial charge in [0.25, 0.3) is 0 Å². The zero-order valence-corrected chi connectivity index (χ0v) is 17.7. The second-order valence-electron chi connectivity index (χ2n) is 7.43. The number of nitrogens with one attached hydrogen (secondary N) is 1. The number of likely N-dealkylation sites (tertiary alicyclic amines) is 1. The summed E-state index contributed by atoms with van der Waals surface area (Å²) >= 11 is 5.84. The molecule has 1 heterocycles. The highest BCUT2D eigenvalue weighted by atomic mass is 35.5. The minimum Gasteiger partial charge on any atom is -0.311 e. The van der Waals surface area contributed by atoms with Crippen molar-refractivity contribution < 1.29 is 12.8 Å². The maximum Gasteiger partial charge on any atom is 0.179 e. The minimum absolute atomic E-state index is 0.0220. The Hall–Kier alpha value is -1.47. The average molecular weight is 425 g/mol. The fraction of sp³-hybridized carbons (Fsp3) is 0.429. The van der Waals surface area contributed by atoms with Crippen molar-refractivity contribution in [1.82, 2.24) is 10.2 Å². The lowest BCUT2D eigenvalue weighted by molar-refractivity contribution is 0.190. The number of hydrogen-bond acceptors (Lipinski definition) is 4. The highest BCUT2D eigenvalue weighted by Gasteiger charge is 2.36. The molecule has 0 aliphatic carbocycles. The lowest BCUT2D eigenvalue weighted by atomic mass is 9.99. The molecule has 0 saturated carbocycles. The van der Waals surface area contributed by atoms with Crippen LogP contribution < -0.4 is 5.32 Å². The van der Waals surface area contributed by atoms with E-state index in [1.165, 1.54) is 6.07 Å². The molecule has 4 nitrogen and oxygen atoms in total. The van der Waals surface area contributed by atoms with Gasteiger partial charge in [-0.25, -0.2) is 12.8 Å². The molecule has 1 fully saturated rings. The topological polar surface area (TPSA) is 49.4 Å². The number of hydrogen-bond donors (Lipinski definition) is 1. The maximum atomic E-state index is 14.0. The molecule has 7 heteroatoms. The zero-order valence-electron chi connectivity index (χ0n) is 16.1. The molecule has 0 unspecified atom stereocenters. The largest absolute Gasteiger partial charge is 0.311 e. The van der Waals surface area contributed by atoms with Crippen molar-refractivity contribution in [3.8, 4) is 0 Å². The smallest absolute Gasteiger partial charge is 0.179 e. The normalized spacial score (nSPS) is 20.8. The SMILES string of the molecule is CC(C)N1CC[C@H](NCCS(=O)(=O)c2ccccc2)[C@H]1c1ccc(Cl)c(F)c1. The summed E-state index contributed by atoms with van der Waals surface area (Å²) in [6.45, 7) is 5.44. The molecule has 0 amide bonds. The van der Waals surface area contributed by atoms with E-state index < -0.39 is 15.7 Å². The average Bonchev–Trinajstić information content (AvgIpc) is 3.09. The molecule has 0 spiro atoms. The van der Waals surface area contributed by atoms with Crippen molar-refractivity contribution >= 4 is 21.4 Å². The number of rotatable bonds is 7. The van der Waals surface area contributed by atoms with Crippen LogP contribution in [0.5, 0.6) is 0 Å². The third-order valence-electron chi connectivity index (χ3n) is 5.26. The first-order valence-corrected chi connectivity index (χ1v) is 11.5. The molecular formula is C21H26ClFN2O2S. The lowest BCUT2D eigenvalue weighted by Crippen LogP contribution is -2.40. The van der Waals surface area contributed by atoms with Crippen LogP contribution in [0.2, 0.25) is 5.02 Å². The Morgan fingerprint density at radius 3 is 2.57 bits per heavy atom. The van der Waals surface area contributed by atoms with E-state index in [0.29, 0.717) is 17.5 Å². The standard InChI is InChI=1S/C21H26ClFN2O2S/c1-15(2)25-12-10-20(21(25)16-8-9-18(22)19(23)14-16)24-11-13-28(26,27)17-6-4-3-5-7-17/h3-9,14-15,20-21,24H,10-13H2,1-2H3/t20-,21+/m0/s1. The van der Waals surface area contributed by atoms with Crippen molar-refractivity contribution in [2.45, 2.75) is 43.3 Å². The highest BCUT2D eigenvalue weighted by Crippen LogP contribution is 2.35. The summed E-state index contributed by atoms with van der Waals surface area (Å²) in [4.78, 5) is 2.65. The van der Waals surface area contributed by atoms with E-state index in [1.54, 1.807) is 36.4 Å². The van der Waals surface area contributed by atoms with Crippen molar-refractivity contribution in [2.24, 2.45) is 0 Å². The Kier molecular flexibility index (Phi) is 6.76. The molecule has 0 bridgehead atoms. The number of halogens is 2. The van der Waals surface area contributed by atoms with Crippen LogP contribution in [-0.2, 0) is 9.84 Å². The van der Waals surface area contributed by atoms with E-state index in [2.05, 4.69) is 24.1 Å². The van der Waals surface area contributed by atoms with Crippen molar-refractivity contribution in [3.05, 3.63) is 64.9 Å². The lowest BCUT2D eigenvalue weighted by Gasteiger charge is -2.32. The maximum absolute atomic E-state index is 14.0. The molecule has 0 aromatic heterocycles. The molecule has 2 aromatic rings. The van der Waals surface area contributed by atoms with Gasteiger partial charge < -0.3 is 5.32 Å². The molecule has 3 rings (SSSR count). The van der Waals surface area contributed by atoms with Crippen LogP contribution in [0.4, 0.5) is 4.39 Å². The first-order chi connectivity index (χ1) is 13.3. The van der Waals surface area contributed by atoms with Crippen molar-refractivity contribution in [3.63, 3.8) is 0 Å². The van der Waals surface area contributed by atoms with Crippen LogP contribution in [-0.4, -0.2) is 44.2 Å². The van der Waals surface area contributed by atoms with Crippen LogP contribution in [0.3, 0.4) is 0 Å². The van der Waals surface area contributed by atoms with Gasteiger partial charge in [0.1, 0.15) is 5.82 Å². The quantitative estimate of drug-likeness (QED) is 0.728. The summed E-state index contributed by atoms with van der Waals surface area (Å²) in [5.41, 5.74) is 0.858. The van der Waals surface area contributed by atoms with Crippen LogP contribution in [0.1, 0.15) is 31.9 Å². The molecule has 152 valence electrons. The van der Waals surface area contributed by atoms with Crippen LogP contribution in [0.15, 0.2) is 53.4 Å². The molecule has 1 aliphatic rings. The Morgan fingerprint density at radius 1 is 1.21 bits per heavy atom. The zero-order chi connectivity index (χ0) is 20.3. The summed E-state index contributed by atoms with van der Waals surface area (Å²) in [7, 11) is -3.33. The van der Waals surface area contributed by atoms with Crippen LogP contribution in [0, 0.1) is 5.82 Å². The Bertz CT molecular complexity index is 906. The number of benzene rings is 2. The van der Waals surface area contributed by atoms with Gasteiger partial charge in [0.05, 0.1) is 21.7 Å². The fourth-order valence-electron chi connectivity index (χ4n) is 3.85. The Labute approximate surface area is 171 Å². The van der Waals surface area contributed by atoms with E-state index in [9.17, 15) is 12.8 Å². The molecule has 1 N–H and O–H groups in total.